The second-order valence-electron chi connectivity index (χ2n) is 6.16. The number of ether oxygens (including phenoxy) is 2. The fourth-order valence-corrected chi connectivity index (χ4v) is 3.62. The van der Waals surface area contributed by atoms with E-state index in [9.17, 15) is 14.4 Å². The standard InChI is InChI=1S/C19H20N2O5S/c1-3-11(2)20-19(24)21-16(22)10-26-18(23)15-8-12-9-25-14-7-5-4-6-13(14)17(12)27-15/h4-8,11H,3,9-10H2,1-2H3,(H2,20,21,22,24)/t11-/m0/s1. The number of rotatable bonds is 5. The average molecular weight is 388 g/mol. The molecule has 1 aliphatic rings. The maximum atomic E-state index is 12.3. The number of nitrogens with one attached hydrogen (secondary N) is 2. The lowest BCUT2D eigenvalue weighted by molar-refractivity contribution is -0.123. The predicted molar refractivity (Wildman–Crippen MR) is 101 cm³/mol. The van der Waals surface area contributed by atoms with Crippen LogP contribution in [0.1, 0.15) is 35.5 Å². The Kier molecular flexibility index (Phi) is 5.75. The first kappa shape index (κ1) is 18.9. The van der Waals surface area contributed by atoms with Gasteiger partial charge in [-0.3, -0.25) is 10.1 Å². The van der Waals surface area contributed by atoms with Crippen molar-refractivity contribution in [1.29, 1.82) is 0 Å². The van der Waals surface area contributed by atoms with Gasteiger partial charge in [-0.2, -0.15) is 0 Å². The summed E-state index contributed by atoms with van der Waals surface area (Å²) in [5.74, 6) is -0.512. The molecule has 0 bridgehead atoms. The van der Waals surface area contributed by atoms with E-state index in [1.165, 1.54) is 11.3 Å². The molecule has 3 amide bonds. The molecular formula is C19H20N2O5S. The van der Waals surface area contributed by atoms with Crippen LogP contribution in [0.2, 0.25) is 0 Å². The normalized spacial score (nSPS) is 12.8. The van der Waals surface area contributed by atoms with Crippen LogP contribution in [0.25, 0.3) is 10.4 Å². The maximum Gasteiger partial charge on any atom is 0.348 e. The molecule has 1 aromatic heterocycles. The Morgan fingerprint density at radius 1 is 1.30 bits per heavy atom. The van der Waals surface area contributed by atoms with Gasteiger partial charge in [0, 0.05) is 22.0 Å². The van der Waals surface area contributed by atoms with Crippen LogP contribution in [-0.4, -0.2) is 30.6 Å². The summed E-state index contributed by atoms with van der Waals surface area (Å²) >= 11 is 1.30. The summed E-state index contributed by atoms with van der Waals surface area (Å²) in [6.07, 6.45) is 0.743. The molecule has 1 aliphatic heterocycles. The maximum absolute atomic E-state index is 12.3. The van der Waals surface area contributed by atoms with Crippen molar-refractivity contribution in [2.45, 2.75) is 32.9 Å². The average Bonchev–Trinajstić information content (AvgIpc) is 3.10. The molecule has 0 saturated carbocycles. The van der Waals surface area contributed by atoms with E-state index in [4.69, 9.17) is 9.47 Å². The van der Waals surface area contributed by atoms with Gasteiger partial charge in [-0.25, -0.2) is 9.59 Å². The Bertz CT molecular complexity index is 877. The number of esters is 1. The van der Waals surface area contributed by atoms with Crippen molar-refractivity contribution in [2.24, 2.45) is 0 Å². The monoisotopic (exact) mass is 388 g/mol. The first-order valence-corrected chi connectivity index (χ1v) is 9.42. The molecule has 8 heteroatoms. The highest BCUT2D eigenvalue weighted by atomic mass is 32.1. The SMILES string of the molecule is CC[C@H](C)NC(=O)NC(=O)COC(=O)c1cc2c(s1)-c1ccccc1OC2. The lowest BCUT2D eigenvalue weighted by Gasteiger charge is -2.16. The third kappa shape index (κ3) is 4.46. The van der Waals surface area contributed by atoms with Crippen LogP contribution < -0.4 is 15.4 Å². The molecule has 0 radical (unpaired) electrons. The van der Waals surface area contributed by atoms with E-state index in [1.807, 2.05) is 38.1 Å². The molecule has 0 saturated heterocycles. The Morgan fingerprint density at radius 3 is 2.85 bits per heavy atom. The van der Waals surface area contributed by atoms with Crippen molar-refractivity contribution < 1.29 is 23.9 Å². The molecule has 2 N–H and O–H groups in total. The Labute approximate surface area is 160 Å². The zero-order valence-electron chi connectivity index (χ0n) is 15.0. The highest BCUT2D eigenvalue weighted by molar-refractivity contribution is 7.17. The van der Waals surface area contributed by atoms with Crippen LogP contribution >= 0.6 is 11.3 Å². The van der Waals surface area contributed by atoms with Crippen molar-refractivity contribution >= 4 is 29.2 Å². The third-order valence-electron chi connectivity index (χ3n) is 4.10. The van der Waals surface area contributed by atoms with Gasteiger partial charge in [0.05, 0.1) is 0 Å². The molecule has 3 rings (SSSR count). The minimum Gasteiger partial charge on any atom is -0.488 e. The molecule has 7 nitrogen and oxygen atoms in total. The minimum absolute atomic E-state index is 0.0529. The molecule has 2 aromatic rings. The largest absolute Gasteiger partial charge is 0.488 e. The summed E-state index contributed by atoms with van der Waals surface area (Å²) in [7, 11) is 0. The van der Waals surface area contributed by atoms with Crippen LogP contribution in [0.5, 0.6) is 5.75 Å². The number of carbonyl (C=O) groups is 3. The second-order valence-corrected chi connectivity index (χ2v) is 7.21. The quantitative estimate of drug-likeness (QED) is 0.768. The molecule has 2 heterocycles. The molecule has 142 valence electrons. The number of para-hydroxylation sites is 1. The van der Waals surface area contributed by atoms with E-state index in [1.54, 1.807) is 6.07 Å². The Balaban J connectivity index is 1.58. The molecule has 0 aliphatic carbocycles. The van der Waals surface area contributed by atoms with Crippen LogP contribution in [0, 0.1) is 0 Å². The van der Waals surface area contributed by atoms with Gasteiger partial charge in [-0.15, -0.1) is 11.3 Å². The number of hydrogen-bond acceptors (Lipinski definition) is 6. The van der Waals surface area contributed by atoms with Crippen LogP contribution in [0.15, 0.2) is 30.3 Å². The summed E-state index contributed by atoms with van der Waals surface area (Å²) in [6.45, 7) is 3.60. The number of urea groups is 1. The summed E-state index contributed by atoms with van der Waals surface area (Å²) in [5, 5.41) is 4.73. The molecule has 1 atom stereocenters. The number of carbonyl (C=O) groups excluding carboxylic acids is 3. The first-order valence-electron chi connectivity index (χ1n) is 8.60. The lowest BCUT2D eigenvalue weighted by atomic mass is 10.1. The highest BCUT2D eigenvalue weighted by Gasteiger charge is 2.23. The molecule has 1 aromatic carbocycles. The van der Waals surface area contributed by atoms with Gasteiger partial charge in [0.15, 0.2) is 6.61 Å². The number of amides is 3. The van der Waals surface area contributed by atoms with E-state index in [-0.39, 0.29) is 6.04 Å². The van der Waals surface area contributed by atoms with Gasteiger partial charge in [-0.1, -0.05) is 19.1 Å². The van der Waals surface area contributed by atoms with E-state index >= 15 is 0 Å². The smallest absolute Gasteiger partial charge is 0.348 e. The van der Waals surface area contributed by atoms with Crippen LogP contribution in [0.3, 0.4) is 0 Å². The summed E-state index contributed by atoms with van der Waals surface area (Å²) in [5.41, 5.74) is 1.84. The number of thiophene rings is 1. The topological polar surface area (TPSA) is 93.7 Å². The van der Waals surface area contributed by atoms with Crippen molar-refractivity contribution in [1.82, 2.24) is 10.6 Å². The third-order valence-corrected chi connectivity index (χ3v) is 5.29. The van der Waals surface area contributed by atoms with E-state index in [0.717, 1.165) is 28.2 Å². The first-order chi connectivity index (χ1) is 13.0. The van der Waals surface area contributed by atoms with Gasteiger partial charge in [0.2, 0.25) is 0 Å². The van der Waals surface area contributed by atoms with Crippen molar-refractivity contribution in [3.05, 3.63) is 40.8 Å². The van der Waals surface area contributed by atoms with Crippen LogP contribution in [0.4, 0.5) is 4.79 Å². The number of benzene rings is 1. The van der Waals surface area contributed by atoms with Crippen molar-refractivity contribution in [3.8, 4) is 16.2 Å². The molecule has 0 fully saturated rings. The molecular weight excluding hydrogens is 368 g/mol. The van der Waals surface area contributed by atoms with Crippen molar-refractivity contribution in [2.75, 3.05) is 6.61 Å². The highest BCUT2D eigenvalue weighted by Crippen LogP contribution is 2.42. The zero-order chi connectivity index (χ0) is 19.4. The van der Waals surface area contributed by atoms with E-state index < -0.39 is 24.5 Å². The Hall–Kier alpha value is -2.87. The van der Waals surface area contributed by atoms with E-state index in [2.05, 4.69) is 10.6 Å². The summed E-state index contributed by atoms with van der Waals surface area (Å²) < 4.78 is 10.7. The van der Waals surface area contributed by atoms with Gasteiger partial charge < -0.3 is 14.8 Å². The molecule has 27 heavy (non-hydrogen) atoms. The predicted octanol–water partition coefficient (Wildman–Crippen LogP) is 3.09. The van der Waals surface area contributed by atoms with Crippen LogP contribution in [-0.2, 0) is 16.1 Å². The molecule has 0 spiro atoms. The Morgan fingerprint density at radius 2 is 2.07 bits per heavy atom. The fourth-order valence-electron chi connectivity index (χ4n) is 2.53. The number of fused-ring (bicyclic) bond motifs is 3. The molecule has 0 unspecified atom stereocenters. The zero-order valence-corrected chi connectivity index (χ0v) is 15.9. The fraction of sp³-hybridized carbons (Fsp3) is 0.316. The number of hydrogen-bond donors (Lipinski definition) is 2. The summed E-state index contributed by atoms with van der Waals surface area (Å²) in [4.78, 5) is 36.9. The van der Waals surface area contributed by atoms with Gasteiger partial charge in [0.25, 0.3) is 5.91 Å². The minimum atomic E-state index is -0.681. The lowest BCUT2D eigenvalue weighted by Crippen LogP contribution is -2.44. The van der Waals surface area contributed by atoms with Gasteiger partial charge in [-0.05, 0) is 31.5 Å². The number of imide groups is 1. The van der Waals surface area contributed by atoms with E-state index in [0.29, 0.717) is 11.5 Å². The van der Waals surface area contributed by atoms with Gasteiger partial charge in [0.1, 0.15) is 17.2 Å². The second kappa shape index (κ2) is 8.22. The van der Waals surface area contributed by atoms with Gasteiger partial charge >= 0.3 is 12.0 Å². The summed E-state index contributed by atoms with van der Waals surface area (Å²) in [6, 6.07) is 8.67. The van der Waals surface area contributed by atoms with Crippen molar-refractivity contribution in [3.63, 3.8) is 0 Å².